The third kappa shape index (κ3) is 9.79. The first-order valence-electron chi connectivity index (χ1n) is 12.6. The third-order valence-electron chi connectivity index (χ3n) is 5.97. The highest BCUT2D eigenvalue weighted by atomic mass is 79.9. The third-order valence-corrected chi connectivity index (χ3v) is 7.88. The molecule has 0 saturated heterocycles. The van der Waals surface area contributed by atoms with Crippen LogP contribution >= 0.6 is 31.9 Å². The molecule has 5 aromatic rings. The molecule has 210 valence electrons. The Morgan fingerprint density at radius 3 is 1.07 bits per heavy atom. The van der Waals surface area contributed by atoms with Gasteiger partial charge in [-0.15, -0.1) is 0 Å². The Morgan fingerprint density at radius 2 is 0.780 bits per heavy atom. The second kappa shape index (κ2) is 16.6. The highest BCUT2D eigenvalue weighted by molar-refractivity contribution is 9.13. The van der Waals surface area contributed by atoms with Gasteiger partial charge < -0.3 is 24.3 Å². The Kier molecular flexibility index (Phi) is 13.0. The largest absolute Gasteiger partial charge is 0.497 e. The molecule has 0 unspecified atom stereocenters. The lowest BCUT2D eigenvalue weighted by Crippen LogP contribution is -2.29. The van der Waals surface area contributed by atoms with Crippen LogP contribution in [0.25, 0.3) is 22.3 Å². The fourth-order valence-corrected chi connectivity index (χ4v) is 4.31. The van der Waals surface area contributed by atoms with E-state index in [1.165, 1.54) is 22.3 Å². The van der Waals surface area contributed by atoms with Crippen molar-refractivity contribution >= 4 is 44.4 Å². The number of ether oxygens (including phenoxy) is 3. The summed E-state index contributed by atoms with van der Waals surface area (Å²) in [6.45, 7) is 0. The van der Waals surface area contributed by atoms with Crippen molar-refractivity contribution in [3.8, 4) is 39.5 Å². The van der Waals surface area contributed by atoms with Gasteiger partial charge in [0.05, 0.1) is 21.3 Å². The van der Waals surface area contributed by atoms with E-state index in [-0.39, 0.29) is 0 Å². The van der Waals surface area contributed by atoms with Gasteiger partial charge in [-0.25, -0.2) is 0 Å². The van der Waals surface area contributed by atoms with Crippen LogP contribution in [-0.2, 0) is 0 Å². The second-order valence-corrected chi connectivity index (χ2v) is 10.3. The molecule has 5 nitrogen and oxygen atoms in total. The summed E-state index contributed by atoms with van der Waals surface area (Å²) in [5.41, 5.74) is 5.22. The van der Waals surface area contributed by atoms with Crippen molar-refractivity contribution in [3.63, 3.8) is 0 Å². The molecular formula is C33H31BBr2O5. The molecule has 0 heterocycles. The Bertz CT molecular complexity index is 1390. The molecule has 5 aromatic carbocycles. The minimum atomic E-state index is -1.40. The topological polar surface area (TPSA) is 68.2 Å². The maximum atomic E-state index is 8.70. The first kappa shape index (κ1) is 32.0. The first-order chi connectivity index (χ1) is 19.9. The average Bonchev–Trinajstić information content (AvgIpc) is 3.03. The Hall–Kier alpha value is -3.56. The van der Waals surface area contributed by atoms with Gasteiger partial charge in [-0.05, 0) is 108 Å². The van der Waals surface area contributed by atoms with E-state index in [1.807, 2.05) is 48.5 Å². The minimum Gasteiger partial charge on any atom is -0.497 e. The van der Waals surface area contributed by atoms with Gasteiger partial charge in [0, 0.05) is 8.95 Å². The van der Waals surface area contributed by atoms with Crippen LogP contribution in [0.15, 0.2) is 130 Å². The van der Waals surface area contributed by atoms with Crippen molar-refractivity contribution in [3.05, 3.63) is 130 Å². The molecule has 5 rings (SSSR count). The molecule has 0 saturated carbocycles. The van der Waals surface area contributed by atoms with Crippen molar-refractivity contribution in [1.29, 1.82) is 0 Å². The smallest absolute Gasteiger partial charge is 0.488 e. The quantitative estimate of drug-likeness (QED) is 0.181. The number of halogens is 2. The summed E-state index contributed by atoms with van der Waals surface area (Å²) in [4.78, 5) is 0. The number of rotatable bonds is 6. The summed E-state index contributed by atoms with van der Waals surface area (Å²) >= 11 is 6.70. The zero-order valence-corrected chi connectivity index (χ0v) is 26.2. The predicted octanol–water partition coefficient (Wildman–Crippen LogP) is 7.62. The monoisotopic (exact) mass is 676 g/mol. The fourth-order valence-electron chi connectivity index (χ4n) is 3.74. The Labute approximate surface area is 258 Å². The Balaban J connectivity index is 0.000000201. The maximum absolute atomic E-state index is 8.70. The van der Waals surface area contributed by atoms with Crippen LogP contribution in [0.2, 0.25) is 0 Å². The van der Waals surface area contributed by atoms with Crippen molar-refractivity contribution in [2.24, 2.45) is 0 Å². The number of hydrogen-bond donors (Lipinski definition) is 2. The normalized spacial score (nSPS) is 9.83. The zero-order valence-electron chi connectivity index (χ0n) is 23.0. The molecule has 2 N–H and O–H groups in total. The molecule has 0 radical (unpaired) electrons. The molecule has 0 amide bonds. The van der Waals surface area contributed by atoms with Crippen LogP contribution < -0.4 is 19.7 Å². The lowest BCUT2D eigenvalue weighted by atomic mass is 9.80. The predicted molar refractivity (Wildman–Crippen MR) is 175 cm³/mol. The van der Waals surface area contributed by atoms with Gasteiger partial charge in [0.1, 0.15) is 17.2 Å². The van der Waals surface area contributed by atoms with Gasteiger partial charge in [0.15, 0.2) is 0 Å². The maximum Gasteiger partial charge on any atom is 0.488 e. The van der Waals surface area contributed by atoms with E-state index in [4.69, 9.17) is 24.3 Å². The molecule has 0 atom stereocenters. The number of benzene rings is 5. The number of hydrogen-bond acceptors (Lipinski definition) is 5. The molecule has 0 aliphatic rings. The van der Waals surface area contributed by atoms with E-state index in [0.29, 0.717) is 11.2 Å². The van der Waals surface area contributed by atoms with Crippen LogP contribution in [0.4, 0.5) is 0 Å². The highest BCUT2D eigenvalue weighted by Crippen LogP contribution is 2.33. The molecule has 8 heteroatoms. The highest BCUT2D eigenvalue weighted by Gasteiger charge is 2.09. The van der Waals surface area contributed by atoms with Crippen molar-refractivity contribution in [2.75, 3.05) is 21.3 Å². The van der Waals surface area contributed by atoms with Gasteiger partial charge in [-0.1, -0.05) is 72.8 Å². The zero-order chi connectivity index (χ0) is 29.6. The summed E-state index contributed by atoms with van der Waals surface area (Å²) in [6.07, 6.45) is 0. The van der Waals surface area contributed by atoms with Crippen LogP contribution in [0.3, 0.4) is 0 Å². The molecule has 0 aliphatic heterocycles. The van der Waals surface area contributed by atoms with Crippen LogP contribution in [0.5, 0.6) is 17.2 Å². The van der Waals surface area contributed by atoms with E-state index in [1.54, 1.807) is 45.6 Å². The van der Waals surface area contributed by atoms with Crippen LogP contribution in [0.1, 0.15) is 0 Å². The van der Waals surface area contributed by atoms with E-state index in [0.717, 1.165) is 20.4 Å². The molecule has 41 heavy (non-hydrogen) atoms. The SMILES string of the molecule is Brc1ccccc1Br.COc1ccc(-c2ccccc2-c2ccc(OC)cc2)cc1.COc1ccc(B(O)O)cc1. The molecule has 0 aromatic heterocycles. The summed E-state index contributed by atoms with van der Waals surface area (Å²) in [5, 5.41) is 17.4. The van der Waals surface area contributed by atoms with Gasteiger partial charge in [-0.3, -0.25) is 0 Å². The minimum absolute atomic E-state index is 0.464. The molecule has 0 aliphatic carbocycles. The second-order valence-electron chi connectivity index (χ2n) is 8.56. The molecular weight excluding hydrogens is 647 g/mol. The first-order valence-corrected chi connectivity index (χ1v) is 14.2. The standard InChI is InChI=1S/C20H18O2.C7H9BO3.C6H4Br2/c1-21-17-11-7-15(8-12-17)19-5-3-4-6-20(19)16-9-13-18(22-2)14-10-16;1-11-7-4-2-6(3-5-7)8(9)10;7-5-3-1-2-4-6(5)8/h3-14H,1-2H3;2-5,9-10H,1H3;1-4H. The summed E-state index contributed by atoms with van der Waals surface area (Å²) in [5.74, 6) is 2.44. The van der Waals surface area contributed by atoms with Crippen molar-refractivity contribution in [2.45, 2.75) is 0 Å². The lowest BCUT2D eigenvalue weighted by molar-refractivity contribution is 0.414. The fraction of sp³-hybridized carbons (Fsp3) is 0.0909. The van der Waals surface area contributed by atoms with E-state index >= 15 is 0 Å². The summed E-state index contributed by atoms with van der Waals surface area (Å²) < 4.78 is 17.5. The van der Waals surface area contributed by atoms with Crippen molar-refractivity contribution < 1.29 is 24.3 Å². The average molecular weight is 678 g/mol. The van der Waals surface area contributed by atoms with Gasteiger partial charge >= 0.3 is 7.12 Å². The van der Waals surface area contributed by atoms with Crippen LogP contribution in [-0.4, -0.2) is 38.5 Å². The van der Waals surface area contributed by atoms with E-state index in [9.17, 15) is 0 Å². The van der Waals surface area contributed by atoms with E-state index < -0.39 is 7.12 Å². The van der Waals surface area contributed by atoms with E-state index in [2.05, 4.69) is 80.4 Å². The molecule has 0 bridgehead atoms. The molecule has 0 spiro atoms. The summed E-state index contributed by atoms with van der Waals surface area (Å²) in [6, 6.07) is 39.2. The van der Waals surface area contributed by atoms with Gasteiger partial charge in [0.2, 0.25) is 0 Å². The van der Waals surface area contributed by atoms with Gasteiger partial charge in [0.25, 0.3) is 0 Å². The van der Waals surface area contributed by atoms with Crippen LogP contribution in [0, 0.1) is 0 Å². The Morgan fingerprint density at radius 1 is 0.463 bits per heavy atom. The number of methoxy groups -OCH3 is 3. The summed E-state index contributed by atoms with van der Waals surface area (Å²) in [7, 11) is 3.52. The molecule has 0 fully saturated rings. The van der Waals surface area contributed by atoms with Gasteiger partial charge in [-0.2, -0.15) is 0 Å². The lowest BCUT2D eigenvalue weighted by Gasteiger charge is -2.11. The van der Waals surface area contributed by atoms with Crippen molar-refractivity contribution in [1.82, 2.24) is 0 Å².